The minimum absolute atomic E-state index is 0.0940. The number of hydrogen-bond acceptors (Lipinski definition) is 2. The van der Waals surface area contributed by atoms with E-state index in [9.17, 15) is 4.79 Å². The number of aromatic carboxylic acids is 1. The van der Waals surface area contributed by atoms with Crippen molar-refractivity contribution in [3.05, 3.63) is 29.8 Å². The van der Waals surface area contributed by atoms with Crippen molar-refractivity contribution in [3.8, 4) is 5.75 Å². The van der Waals surface area contributed by atoms with Gasteiger partial charge in [0.05, 0.1) is 10.9 Å². The molecular formula is C10H11ClO3. The Hall–Kier alpha value is -1.22. The Kier molecular flexibility index (Phi) is 3.77. The van der Waals surface area contributed by atoms with Crippen LogP contribution in [0.25, 0.3) is 0 Å². The van der Waals surface area contributed by atoms with Crippen LogP contribution >= 0.6 is 11.6 Å². The molecule has 3 nitrogen and oxygen atoms in total. The summed E-state index contributed by atoms with van der Waals surface area (Å²) in [5.41, 5.74) is 0.213. The molecule has 0 bridgehead atoms. The maximum absolute atomic E-state index is 10.6. The van der Waals surface area contributed by atoms with E-state index in [-0.39, 0.29) is 10.9 Å². The van der Waals surface area contributed by atoms with Crippen molar-refractivity contribution < 1.29 is 14.6 Å². The van der Waals surface area contributed by atoms with Crippen LogP contribution in [0.15, 0.2) is 24.3 Å². The Morgan fingerprint density at radius 1 is 1.64 bits per heavy atom. The highest BCUT2D eigenvalue weighted by atomic mass is 35.5. The van der Waals surface area contributed by atoms with Gasteiger partial charge in [-0.3, -0.25) is 0 Å². The van der Waals surface area contributed by atoms with Crippen LogP contribution in [0.5, 0.6) is 5.75 Å². The molecule has 1 rings (SSSR count). The standard InChI is InChI=1S/C10H11ClO3/c1-7(11)6-14-9-4-2-3-8(5-9)10(12)13/h2-5,7H,6H2,1H3,(H,12,13). The first-order valence-electron chi connectivity index (χ1n) is 4.20. The van der Waals surface area contributed by atoms with Crippen molar-refractivity contribution in [2.45, 2.75) is 12.3 Å². The molecule has 76 valence electrons. The molecule has 1 atom stereocenters. The van der Waals surface area contributed by atoms with Gasteiger partial charge in [0, 0.05) is 0 Å². The van der Waals surface area contributed by atoms with Gasteiger partial charge >= 0.3 is 5.97 Å². The van der Waals surface area contributed by atoms with E-state index in [0.717, 1.165) is 0 Å². The Morgan fingerprint density at radius 2 is 2.36 bits per heavy atom. The van der Waals surface area contributed by atoms with E-state index in [0.29, 0.717) is 12.4 Å². The predicted octanol–water partition coefficient (Wildman–Crippen LogP) is 2.39. The SMILES string of the molecule is CC(Cl)COc1cccc(C(=O)O)c1. The van der Waals surface area contributed by atoms with Gasteiger partial charge in [-0.05, 0) is 25.1 Å². The molecule has 0 aliphatic heterocycles. The molecular weight excluding hydrogens is 204 g/mol. The first-order chi connectivity index (χ1) is 6.59. The molecule has 4 heteroatoms. The summed E-state index contributed by atoms with van der Waals surface area (Å²) in [5.74, 6) is -0.438. The second-order valence-corrected chi connectivity index (χ2v) is 3.67. The Bertz CT molecular complexity index is 323. The summed E-state index contributed by atoms with van der Waals surface area (Å²) in [6.45, 7) is 2.17. The Morgan fingerprint density at radius 3 is 2.93 bits per heavy atom. The molecule has 0 radical (unpaired) electrons. The zero-order valence-corrected chi connectivity index (χ0v) is 8.49. The maximum atomic E-state index is 10.6. The lowest BCUT2D eigenvalue weighted by Crippen LogP contribution is -2.07. The summed E-state index contributed by atoms with van der Waals surface area (Å²) in [6, 6.07) is 6.32. The van der Waals surface area contributed by atoms with Crippen LogP contribution in [-0.2, 0) is 0 Å². The second kappa shape index (κ2) is 4.86. The Labute approximate surface area is 87.3 Å². The van der Waals surface area contributed by atoms with Gasteiger partial charge in [0.2, 0.25) is 0 Å². The summed E-state index contributed by atoms with van der Waals surface area (Å²) in [7, 11) is 0. The topological polar surface area (TPSA) is 46.5 Å². The molecule has 14 heavy (non-hydrogen) atoms. The molecule has 1 aromatic rings. The fourth-order valence-electron chi connectivity index (χ4n) is 0.930. The average Bonchev–Trinajstić information content (AvgIpc) is 2.15. The molecule has 0 fully saturated rings. The van der Waals surface area contributed by atoms with Crippen LogP contribution in [0.3, 0.4) is 0 Å². The van der Waals surface area contributed by atoms with Gasteiger partial charge in [0.1, 0.15) is 12.4 Å². The summed E-state index contributed by atoms with van der Waals surface area (Å²) in [4.78, 5) is 10.6. The van der Waals surface area contributed by atoms with Crippen molar-refractivity contribution in [2.75, 3.05) is 6.61 Å². The molecule has 0 aromatic heterocycles. The first-order valence-corrected chi connectivity index (χ1v) is 4.63. The van der Waals surface area contributed by atoms with E-state index in [1.54, 1.807) is 12.1 Å². The highest BCUT2D eigenvalue weighted by Gasteiger charge is 2.04. The van der Waals surface area contributed by atoms with Crippen LogP contribution in [0, 0.1) is 0 Å². The molecule has 0 saturated heterocycles. The molecule has 1 N–H and O–H groups in total. The maximum Gasteiger partial charge on any atom is 0.335 e. The number of carboxylic acids is 1. The summed E-state index contributed by atoms with van der Waals surface area (Å²) in [5, 5.41) is 8.61. The quantitative estimate of drug-likeness (QED) is 0.783. The largest absolute Gasteiger partial charge is 0.492 e. The van der Waals surface area contributed by atoms with E-state index in [2.05, 4.69) is 0 Å². The van der Waals surface area contributed by atoms with Crippen molar-refractivity contribution in [1.82, 2.24) is 0 Å². The van der Waals surface area contributed by atoms with E-state index >= 15 is 0 Å². The predicted molar refractivity (Wildman–Crippen MR) is 54.2 cm³/mol. The van der Waals surface area contributed by atoms with Gasteiger partial charge in [-0.25, -0.2) is 4.79 Å². The van der Waals surface area contributed by atoms with Crippen molar-refractivity contribution >= 4 is 17.6 Å². The van der Waals surface area contributed by atoms with Crippen LogP contribution < -0.4 is 4.74 Å². The molecule has 0 heterocycles. The molecule has 0 spiro atoms. The number of halogens is 1. The average molecular weight is 215 g/mol. The van der Waals surface area contributed by atoms with E-state index in [1.165, 1.54) is 12.1 Å². The Balaban J connectivity index is 2.69. The zero-order valence-electron chi connectivity index (χ0n) is 7.74. The van der Waals surface area contributed by atoms with E-state index in [4.69, 9.17) is 21.4 Å². The molecule has 1 aromatic carbocycles. The summed E-state index contributed by atoms with van der Waals surface area (Å²) >= 11 is 5.69. The van der Waals surface area contributed by atoms with Gasteiger partial charge in [-0.2, -0.15) is 0 Å². The van der Waals surface area contributed by atoms with Crippen molar-refractivity contribution in [1.29, 1.82) is 0 Å². The smallest absolute Gasteiger partial charge is 0.335 e. The number of ether oxygens (including phenoxy) is 1. The van der Waals surface area contributed by atoms with Crippen LogP contribution in [-0.4, -0.2) is 23.1 Å². The van der Waals surface area contributed by atoms with Gasteiger partial charge in [-0.1, -0.05) is 6.07 Å². The second-order valence-electron chi connectivity index (χ2n) is 2.92. The lowest BCUT2D eigenvalue weighted by molar-refractivity contribution is 0.0696. The highest BCUT2D eigenvalue weighted by molar-refractivity contribution is 6.20. The van der Waals surface area contributed by atoms with Crippen LogP contribution in [0.4, 0.5) is 0 Å². The molecule has 0 aliphatic carbocycles. The first kappa shape index (κ1) is 10.9. The minimum atomic E-state index is -0.964. The molecule has 0 saturated carbocycles. The molecule has 0 aliphatic rings. The van der Waals surface area contributed by atoms with E-state index in [1.807, 2.05) is 6.92 Å². The summed E-state index contributed by atoms with van der Waals surface area (Å²) < 4.78 is 5.26. The lowest BCUT2D eigenvalue weighted by Gasteiger charge is -2.07. The third-order valence-electron chi connectivity index (χ3n) is 1.56. The third kappa shape index (κ3) is 3.26. The number of rotatable bonds is 4. The number of carbonyl (C=O) groups is 1. The van der Waals surface area contributed by atoms with Gasteiger partial charge in [-0.15, -0.1) is 11.6 Å². The van der Waals surface area contributed by atoms with E-state index < -0.39 is 5.97 Å². The number of alkyl halides is 1. The number of carboxylic acid groups (broad SMARTS) is 1. The number of hydrogen-bond donors (Lipinski definition) is 1. The minimum Gasteiger partial charge on any atom is -0.492 e. The van der Waals surface area contributed by atoms with Crippen LogP contribution in [0.1, 0.15) is 17.3 Å². The van der Waals surface area contributed by atoms with Gasteiger partial charge in [0.25, 0.3) is 0 Å². The monoisotopic (exact) mass is 214 g/mol. The van der Waals surface area contributed by atoms with Gasteiger partial charge in [0.15, 0.2) is 0 Å². The zero-order chi connectivity index (χ0) is 10.6. The molecule has 1 unspecified atom stereocenters. The van der Waals surface area contributed by atoms with Crippen molar-refractivity contribution in [2.24, 2.45) is 0 Å². The highest BCUT2D eigenvalue weighted by Crippen LogP contribution is 2.14. The normalized spacial score (nSPS) is 12.1. The fraction of sp³-hybridized carbons (Fsp3) is 0.300. The van der Waals surface area contributed by atoms with Crippen molar-refractivity contribution in [3.63, 3.8) is 0 Å². The fourth-order valence-corrected chi connectivity index (χ4v) is 0.993. The van der Waals surface area contributed by atoms with Gasteiger partial charge < -0.3 is 9.84 Å². The third-order valence-corrected chi connectivity index (χ3v) is 1.69. The van der Waals surface area contributed by atoms with Crippen LogP contribution in [0.2, 0.25) is 0 Å². The molecule has 0 amide bonds. The number of benzene rings is 1. The lowest BCUT2D eigenvalue weighted by atomic mass is 10.2. The summed E-state index contributed by atoms with van der Waals surface area (Å²) in [6.07, 6.45) is 0.